The van der Waals surface area contributed by atoms with Crippen LogP contribution in [0.4, 0.5) is 5.69 Å². The summed E-state index contributed by atoms with van der Waals surface area (Å²) in [5.74, 6) is -0.356. The van der Waals surface area contributed by atoms with E-state index in [0.717, 1.165) is 6.42 Å². The smallest absolute Gasteiger partial charge is 0.243 e. The molecule has 1 aromatic carbocycles. The van der Waals surface area contributed by atoms with Gasteiger partial charge < -0.3 is 10.2 Å². The van der Waals surface area contributed by atoms with Crippen molar-refractivity contribution in [3.63, 3.8) is 0 Å². The van der Waals surface area contributed by atoms with Crippen LogP contribution in [0, 0.1) is 11.3 Å². The summed E-state index contributed by atoms with van der Waals surface area (Å²) in [6.07, 6.45) is 0.809. The van der Waals surface area contributed by atoms with Gasteiger partial charge in [-0.2, -0.15) is 5.26 Å². The highest BCUT2D eigenvalue weighted by Crippen LogP contribution is 2.08. The highest BCUT2D eigenvalue weighted by atomic mass is 16.2. The molecular formula is C14H17N3O2. The molecule has 0 spiro atoms. The van der Waals surface area contributed by atoms with E-state index in [0.29, 0.717) is 17.8 Å². The molecule has 0 bridgehead atoms. The Morgan fingerprint density at radius 2 is 1.95 bits per heavy atom. The Labute approximate surface area is 112 Å². The van der Waals surface area contributed by atoms with Crippen LogP contribution in [0.1, 0.15) is 25.8 Å². The Morgan fingerprint density at radius 1 is 1.32 bits per heavy atom. The zero-order valence-electron chi connectivity index (χ0n) is 11.1. The van der Waals surface area contributed by atoms with Crippen LogP contribution in [0.3, 0.4) is 0 Å². The highest BCUT2D eigenvalue weighted by molar-refractivity contribution is 5.94. The minimum atomic E-state index is -0.242. The molecule has 0 aliphatic rings. The lowest BCUT2D eigenvalue weighted by Gasteiger charge is -2.19. The van der Waals surface area contributed by atoms with Crippen molar-refractivity contribution in [1.82, 2.24) is 4.90 Å². The summed E-state index contributed by atoms with van der Waals surface area (Å²) >= 11 is 0. The van der Waals surface area contributed by atoms with Gasteiger partial charge in [-0.1, -0.05) is 6.92 Å². The second-order valence-electron chi connectivity index (χ2n) is 4.18. The number of carbonyl (C=O) groups is 2. The van der Waals surface area contributed by atoms with Gasteiger partial charge in [0.1, 0.15) is 0 Å². The molecule has 0 saturated heterocycles. The van der Waals surface area contributed by atoms with Gasteiger partial charge in [0.15, 0.2) is 0 Å². The molecule has 1 rings (SSSR count). The number of anilines is 1. The molecule has 0 aromatic heterocycles. The second kappa shape index (κ2) is 7.17. The van der Waals surface area contributed by atoms with E-state index in [9.17, 15) is 9.59 Å². The van der Waals surface area contributed by atoms with Gasteiger partial charge in [-0.15, -0.1) is 0 Å². The van der Waals surface area contributed by atoms with Gasteiger partial charge in [-0.25, -0.2) is 0 Å². The van der Waals surface area contributed by atoms with Crippen LogP contribution in [0.5, 0.6) is 0 Å². The van der Waals surface area contributed by atoms with E-state index < -0.39 is 0 Å². The standard InChI is InChI=1S/C14H17N3O2/c1-3-8-17(11(2)18)10-14(19)16-13-6-4-12(9-15)5-7-13/h4-7H,3,8,10H2,1-2H3,(H,16,19). The van der Waals surface area contributed by atoms with E-state index in [1.54, 1.807) is 24.3 Å². The first-order chi connectivity index (χ1) is 9.06. The van der Waals surface area contributed by atoms with Crippen molar-refractivity contribution < 1.29 is 9.59 Å². The largest absolute Gasteiger partial charge is 0.334 e. The third-order valence-corrected chi connectivity index (χ3v) is 2.57. The number of nitrogens with one attached hydrogen (secondary N) is 1. The van der Waals surface area contributed by atoms with Crippen LogP contribution >= 0.6 is 0 Å². The van der Waals surface area contributed by atoms with Gasteiger partial charge in [0.2, 0.25) is 11.8 Å². The molecule has 0 unspecified atom stereocenters. The summed E-state index contributed by atoms with van der Waals surface area (Å²) in [4.78, 5) is 24.6. The molecule has 5 heteroatoms. The van der Waals surface area contributed by atoms with E-state index in [1.165, 1.54) is 11.8 Å². The molecule has 100 valence electrons. The molecule has 0 fully saturated rings. The quantitative estimate of drug-likeness (QED) is 0.875. The number of carbonyl (C=O) groups excluding carboxylic acids is 2. The maximum Gasteiger partial charge on any atom is 0.243 e. The topological polar surface area (TPSA) is 73.2 Å². The first-order valence-corrected chi connectivity index (χ1v) is 6.12. The van der Waals surface area contributed by atoms with Crippen LogP contribution in [0.25, 0.3) is 0 Å². The summed E-state index contributed by atoms with van der Waals surface area (Å²) in [7, 11) is 0. The molecule has 0 atom stereocenters. The van der Waals surface area contributed by atoms with E-state index in [-0.39, 0.29) is 18.4 Å². The Hall–Kier alpha value is -2.35. The number of rotatable bonds is 5. The molecule has 0 heterocycles. The van der Waals surface area contributed by atoms with Crippen LogP contribution in [0.2, 0.25) is 0 Å². The third-order valence-electron chi connectivity index (χ3n) is 2.57. The van der Waals surface area contributed by atoms with Gasteiger partial charge in [0.25, 0.3) is 0 Å². The fraction of sp³-hybridized carbons (Fsp3) is 0.357. The Balaban J connectivity index is 2.58. The first-order valence-electron chi connectivity index (χ1n) is 6.12. The number of amides is 2. The summed E-state index contributed by atoms with van der Waals surface area (Å²) < 4.78 is 0. The monoisotopic (exact) mass is 259 g/mol. The van der Waals surface area contributed by atoms with Gasteiger partial charge in [0, 0.05) is 19.2 Å². The second-order valence-corrected chi connectivity index (χ2v) is 4.18. The molecule has 0 saturated carbocycles. The van der Waals surface area contributed by atoms with E-state index in [2.05, 4.69) is 5.32 Å². The zero-order chi connectivity index (χ0) is 14.3. The zero-order valence-corrected chi connectivity index (χ0v) is 11.1. The average molecular weight is 259 g/mol. The predicted molar refractivity (Wildman–Crippen MR) is 72.3 cm³/mol. The minimum absolute atomic E-state index is 0.0448. The van der Waals surface area contributed by atoms with Crippen molar-refractivity contribution in [2.75, 3.05) is 18.4 Å². The number of benzene rings is 1. The maximum absolute atomic E-state index is 11.8. The van der Waals surface area contributed by atoms with Crippen molar-refractivity contribution in [3.8, 4) is 6.07 Å². The van der Waals surface area contributed by atoms with Gasteiger partial charge in [-0.05, 0) is 30.7 Å². The van der Waals surface area contributed by atoms with E-state index in [4.69, 9.17) is 5.26 Å². The highest BCUT2D eigenvalue weighted by Gasteiger charge is 2.12. The minimum Gasteiger partial charge on any atom is -0.334 e. The lowest BCUT2D eigenvalue weighted by molar-refractivity contribution is -0.132. The van der Waals surface area contributed by atoms with Crippen molar-refractivity contribution >= 4 is 17.5 Å². The van der Waals surface area contributed by atoms with Crippen LogP contribution in [-0.2, 0) is 9.59 Å². The van der Waals surface area contributed by atoms with Gasteiger partial charge in [0.05, 0.1) is 18.2 Å². The summed E-state index contributed by atoms with van der Waals surface area (Å²) in [6.45, 7) is 4.01. The van der Waals surface area contributed by atoms with Gasteiger partial charge in [-0.3, -0.25) is 9.59 Å². The summed E-state index contributed by atoms with van der Waals surface area (Å²) in [6, 6.07) is 8.59. The molecule has 0 radical (unpaired) electrons. The SMILES string of the molecule is CCCN(CC(=O)Nc1ccc(C#N)cc1)C(C)=O. The number of nitriles is 1. The molecule has 19 heavy (non-hydrogen) atoms. The molecule has 2 amide bonds. The van der Waals surface area contributed by atoms with Crippen LogP contribution < -0.4 is 5.32 Å². The first kappa shape index (κ1) is 14.7. The number of nitrogens with zero attached hydrogens (tertiary/aromatic N) is 2. The molecule has 0 aliphatic carbocycles. The molecule has 1 aromatic rings. The normalized spacial score (nSPS) is 9.53. The molecular weight excluding hydrogens is 242 g/mol. The predicted octanol–water partition coefficient (Wildman–Crippen LogP) is 1.76. The van der Waals surface area contributed by atoms with Gasteiger partial charge >= 0.3 is 0 Å². The number of hydrogen-bond acceptors (Lipinski definition) is 3. The van der Waals surface area contributed by atoms with E-state index in [1.807, 2.05) is 13.0 Å². The van der Waals surface area contributed by atoms with Crippen molar-refractivity contribution in [1.29, 1.82) is 5.26 Å². The van der Waals surface area contributed by atoms with E-state index >= 15 is 0 Å². The fourth-order valence-corrected chi connectivity index (χ4v) is 1.62. The maximum atomic E-state index is 11.8. The van der Waals surface area contributed by atoms with Crippen molar-refractivity contribution in [2.24, 2.45) is 0 Å². The average Bonchev–Trinajstić information content (AvgIpc) is 2.39. The third kappa shape index (κ3) is 4.80. The Morgan fingerprint density at radius 3 is 2.42 bits per heavy atom. The Kier molecular flexibility index (Phi) is 5.55. The summed E-state index contributed by atoms with van der Waals surface area (Å²) in [5.41, 5.74) is 1.15. The lowest BCUT2D eigenvalue weighted by Crippen LogP contribution is -2.37. The fourth-order valence-electron chi connectivity index (χ4n) is 1.62. The lowest BCUT2D eigenvalue weighted by atomic mass is 10.2. The molecule has 1 N–H and O–H groups in total. The van der Waals surface area contributed by atoms with Crippen molar-refractivity contribution in [2.45, 2.75) is 20.3 Å². The summed E-state index contributed by atoms with van der Waals surface area (Å²) in [5, 5.41) is 11.4. The van der Waals surface area contributed by atoms with Crippen LogP contribution in [-0.4, -0.2) is 29.8 Å². The van der Waals surface area contributed by atoms with Crippen molar-refractivity contribution in [3.05, 3.63) is 29.8 Å². The Bertz CT molecular complexity index is 488. The molecule has 5 nitrogen and oxygen atoms in total. The molecule has 0 aliphatic heterocycles. The van der Waals surface area contributed by atoms with Crippen LogP contribution in [0.15, 0.2) is 24.3 Å². The number of hydrogen-bond donors (Lipinski definition) is 1.